The van der Waals surface area contributed by atoms with Crippen molar-refractivity contribution in [2.45, 2.75) is 11.8 Å². The van der Waals surface area contributed by atoms with Gasteiger partial charge >= 0.3 is 0 Å². The molecule has 0 aromatic heterocycles. The molecule has 0 unspecified atom stereocenters. The van der Waals surface area contributed by atoms with E-state index in [1.54, 1.807) is 25.1 Å². The van der Waals surface area contributed by atoms with Crippen molar-refractivity contribution in [2.24, 2.45) is 0 Å². The summed E-state index contributed by atoms with van der Waals surface area (Å²) in [5.74, 6) is -1.43. The predicted molar refractivity (Wildman–Crippen MR) is 98.1 cm³/mol. The summed E-state index contributed by atoms with van der Waals surface area (Å²) in [6, 6.07) is 16.2. The van der Waals surface area contributed by atoms with Gasteiger partial charge in [0.2, 0.25) is 0 Å². The van der Waals surface area contributed by atoms with Crippen LogP contribution in [0.4, 0.5) is 25.8 Å². The average Bonchev–Trinajstić information content (AvgIpc) is 2.59. The number of benzene rings is 3. The number of para-hydroxylation sites is 1. The third-order valence-electron chi connectivity index (χ3n) is 3.67. The van der Waals surface area contributed by atoms with Crippen LogP contribution >= 0.6 is 0 Å². The topological polar surface area (TPSA) is 58.2 Å². The van der Waals surface area contributed by atoms with Crippen LogP contribution in [0.25, 0.3) is 0 Å². The first kappa shape index (κ1) is 17.9. The molecule has 0 aliphatic carbocycles. The third-order valence-corrected chi connectivity index (χ3v) is 5.05. The van der Waals surface area contributed by atoms with E-state index in [4.69, 9.17) is 0 Å². The van der Waals surface area contributed by atoms with Crippen LogP contribution in [0.1, 0.15) is 5.56 Å². The van der Waals surface area contributed by atoms with Gasteiger partial charge in [-0.2, -0.15) is 0 Å². The lowest BCUT2D eigenvalue weighted by molar-refractivity contribution is 0.590. The summed E-state index contributed by atoms with van der Waals surface area (Å²) in [6.45, 7) is 1.81. The molecule has 0 amide bonds. The highest BCUT2D eigenvalue weighted by Gasteiger charge is 2.14. The van der Waals surface area contributed by atoms with Gasteiger partial charge in [0.15, 0.2) is 0 Å². The average molecular weight is 374 g/mol. The van der Waals surface area contributed by atoms with E-state index in [2.05, 4.69) is 10.0 Å². The number of halogens is 2. The summed E-state index contributed by atoms with van der Waals surface area (Å²) in [5, 5.41) is 2.64. The lowest BCUT2D eigenvalue weighted by Crippen LogP contribution is -2.13. The van der Waals surface area contributed by atoms with Gasteiger partial charge in [0.25, 0.3) is 10.0 Å². The number of hydrogen-bond donors (Lipinski definition) is 2. The van der Waals surface area contributed by atoms with Crippen LogP contribution < -0.4 is 10.0 Å². The molecule has 3 rings (SSSR count). The standard InChI is InChI=1S/C19H16F2N2O2S/c1-13-4-2-5-16(12-13)26(24,25)23-15-10-8-14(9-11-15)22-19-17(20)6-3-7-18(19)21/h2-12,22-23H,1H3. The molecule has 26 heavy (non-hydrogen) atoms. The maximum absolute atomic E-state index is 13.7. The first-order chi connectivity index (χ1) is 12.3. The van der Waals surface area contributed by atoms with Gasteiger partial charge in [-0.05, 0) is 61.0 Å². The van der Waals surface area contributed by atoms with Crippen molar-refractivity contribution >= 4 is 27.1 Å². The van der Waals surface area contributed by atoms with Crippen molar-refractivity contribution in [1.82, 2.24) is 0 Å². The Kier molecular flexibility index (Phi) is 4.90. The fraction of sp³-hybridized carbons (Fsp3) is 0.0526. The summed E-state index contributed by atoms with van der Waals surface area (Å²) in [7, 11) is -3.71. The van der Waals surface area contributed by atoms with Crippen molar-refractivity contribution in [2.75, 3.05) is 10.0 Å². The molecule has 3 aromatic rings. The summed E-state index contributed by atoms with van der Waals surface area (Å²) >= 11 is 0. The van der Waals surface area contributed by atoms with Gasteiger partial charge < -0.3 is 5.32 Å². The molecule has 0 heterocycles. The van der Waals surface area contributed by atoms with Crippen LogP contribution in [0.15, 0.2) is 71.6 Å². The van der Waals surface area contributed by atoms with Crippen LogP contribution in [0.5, 0.6) is 0 Å². The van der Waals surface area contributed by atoms with Crippen LogP contribution in [0, 0.1) is 18.6 Å². The van der Waals surface area contributed by atoms with Crippen molar-refractivity contribution in [3.05, 3.63) is 83.9 Å². The van der Waals surface area contributed by atoms with Crippen LogP contribution in [-0.2, 0) is 10.0 Å². The molecule has 0 saturated heterocycles. The Bertz CT molecular complexity index is 1020. The first-order valence-corrected chi connectivity index (χ1v) is 9.24. The molecule has 0 bridgehead atoms. The van der Waals surface area contributed by atoms with Gasteiger partial charge in [-0.15, -0.1) is 0 Å². The fourth-order valence-corrected chi connectivity index (χ4v) is 3.54. The smallest absolute Gasteiger partial charge is 0.261 e. The van der Waals surface area contributed by atoms with Crippen molar-refractivity contribution in [3.8, 4) is 0 Å². The zero-order chi connectivity index (χ0) is 18.7. The monoisotopic (exact) mass is 374 g/mol. The SMILES string of the molecule is Cc1cccc(S(=O)(=O)Nc2ccc(Nc3c(F)cccc3F)cc2)c1. The number of anilines is 3. The second-order valence-electron chi connectivity index (χ2n) is 5.72. The van der Waals surface area contributed by atoms with E-state index in [0.717, 1.165) is 17.7 Å². The maximum Gasteiger partial charge on any atom is 0.261 e. The molecule has 3 aromatic carbocycles. The Morgan fingerprint density at radius 3 is 2.00 bits per heavy atom. The molecular formula is C19H16F2N2O2S. The number of nitrogens with one attached hydrogen (secondary N) is 2. The predicted octanol–water partition coefficient (Wildman–Crippen LogP) is 4.82. The number of sulfonamides is 1. The minimum absolute atomic E-state index is 0.160. The minimum Gasteiger partial charge on any atom is -0.351 e. The Morgan fingerprint density at radius 1 is 0.808 bits per heavy atom. The third kappa shape index (κ3) is 4.00. The highest BCUT2D eigenvalue weighted by atomic mass is 32.2. The number of rotatable bonds is 5. The molecule has 0 spiro atoms. The van der Waals surface area contributed by atoms with E-state index in [0.29, 0.717) is 11.4 Å². The van der Waals surface area contributed by atoms with E-state index >= 15 is 0 Å². The summed E-state index contributed by atoms with van der Waals surface area (Å²) in [4.78, 5) is 0.160. The maximum atomic E-state index is 13.7. The van der Waals surface area contributed by atoms with E-state index in [1.807, 2.05) is 0 Å². The zero-order valence-corrected chi connectivity index (χ0v) is 14.6. The molecule has 0 atom stereocenters. The normalized spacial score (nSPS) is 11.2. The van der Waals surface area contributed by atoms with E-state index in [1.165, 1.54) is 36.4 Å². The van der Waals surface area contributed by atoms with Gasteiger partial charge in [-0.1, -0.05) is 18.2 Å². The Labute approximate surface area is 150 Å². The molecule has 0 saturated carbocycles. The molecule has 4 nitrogen and oxygen atoms in total. The molecule has 7 heteroatoms. The summed E-state index contributed by atoms with van der Waals surface area (Å²) in [6.07, 6.45) is 0. The Morgan fingerprint density at radius 2 is 1.38 bits per heavy atom. The van der Waals surface area contributed by atoms with E-state index in [9.17, 15) is 17.2 Å². The highest BCUT2D eigenvalue weighted by Crippen LogP contribution is 2.25. The minimum atomic E-state index is -3.71. The molecular weight excluding hydrogens is 358 g/mol. The molecule has 134 valence electrons. The molecule has 0 aliphatic rings. The molecule has 0 aliphatic heterocycles. The summed E-state index contributed by atoms with van der Waals surface area (Å²) < 4.78 is 54.6. The van der Waals surface area contributed by atoms with E-state index in [-0.39, 0.29) is 10.6 Å². The van der Waals surface area contributed by atoms with Crippen molar-refractivity contribution in [3.63, 3.8) is 0 Å². The van der Waals surface area contributed by atoms with Gasteiger partial charge in [-0.25, -0.2) is 17.2 Å². The Balaban J connectivity index is 1.78. The second-order valence-corrected chi connectivity index (χ2v) is 7.40. The van der Waals surface area contributed by atoms with Gasteiger partial charge in [0.05, 0.1) is 4.90 Å². The highest BCUT2D eigenvalue weighted by molar-refractivity contribution is 7.92. The zero-order valence-electron chi connectivity index (χ0n) is 13.8. The van der Waals surface area contributed by atoms with E-state index < -0.39 is 21.7 Å². The molecule has 0 fully saturated rings. The van der Waals surface area contributed by atoms with Crippen LogP contribution in [-0.4, -0.2) is 8.42 Å². The lowest BCUT2D eigenvalue weighted by Gasteiger charge is -2.11. The Hall–Kier alpha value is -2.93. The number of hydrogen-bond acceptors (Lipinski definition) is 3. The van der Waals surface area contributed by atoms with Crippen molar-refractivity contribution < 1.29 is 17.2 Å². The first-order valence-electron chi connectivity index (χ1n) is 7.76. The quantitative estimate of drug-likeness (QED) is 0.673. The molecule has 0 radical (unpaired) electrons. The van der Waals surface area contributed by atoms with Crippen LogP contribution in [0.2, 0.25) is 0 Å². The van der Waals surface area contributed by atoms with Crippen LogP contribution in [0.3, 0.4) is 0 Å². The lowest BCUT2D eigenvalue weighted by atomic mass is 10.2. The summed E-state index contributed by atoms with van der Waals surface area (Å²) in [5.41, 5.74) is 1.33. The number of aryl methyl sites for hydroxylation is 1. The fourth-order valence-electron chi connectivity index (χ4n) is 2.38. The van der Waals surface area contributed by atoms with Gasteiger partial charge in [0, 0.05) is 11.4 Å². The van der Waals surface area contributed by atoms with Crippen molar-refractivity contribution in [1.29, 1.82) is 0 Å². The van der Waals surface area contributed by atoms with Gasteiger partial charge in [-0.3, -0.25) is 4.72 Å². The molecule has 2 N–H and O–H groups in total. The van der Waals surface area contributed by atoms with Gasteiger partial charge in [0.1, 0.15) is 17.3 Å². The second kappa shape index (κ2) is 7.13. The largest absolute Gasteiger partial charge is 0.351 e.